The Morgan fingerprint density at radius 3 is 2.59 bits per heavy atom. The summed E-state index contributed by atoms with van der Waals surface area (Å²) in [5.74, 6) is 0.383. The Morgan fingerprint density at radius 2 is 1.95 bits per heavy atom. The van der Waals surface area contributed by atoms with Gasteiger partial charge in [-0.25, -0.2) is 0 Å². The molecule has 1 rings (SSSR count). The SMILES string of the molecule is CCCCCCC1(C(=O)OCC(C)C)CCCC1OCCC. The summed E-state index contributed by atoms with van der Waals surface area (Å²) < 4.78 is 11.7. The fourth-order valence-electron chi connectivity index (χ4n) is 3.42. The number of unbranched alkanes of at least 4 members (excludes halogenated alkanes) is 3. The van der Waals surface area contributed by atoms with Crippen LogP contribution < -0.4 is 0 Å². The molecule has 1 aliphatic rings. The van der Waals surface area contributed by atoms with E-state index in [1.807, 2.05) is 0 Å². The molecule has 0 spiro atoms. The van der Waals surface area contributed by atoms with Gasteiger partial charge in [-0.1, -0.05) is 53.4 Å². The molecule has 2 atom stereocenters. The molecule has 0 saturated heterocycles. The van der Waals surface area contributed by atoms with Gasteiger partial charge in [0.25, 0.3) is 0 Å². The molecule has 3 nitrogen and oxygen atoms in total. The molecule has 22 heavy (non-hydrogen) atoms. The molecule has 0 aromatic heterocycles. The number of ether oxygens (including phenoxy) is 2. The predicted molar refractivity (Wildman–Crippen MR) is 90.9 cm³/mol. The highest BCUT2D eigenvalue weighted by atomic mass is 16.5. The summed E-state index contributed by atoms with van der Waals surface area (Å²) in [6.45, 7) is 9.78. The number of esters is 1. The van der Waals surface area contributed by atoms with Crippen molar-refractivity contribution in [3.63, 3.8) is 0 Å². The molecule has 1 saturated carbocycles. The van der Waals surface area contributed by atoms with Crippen LogP contribution in [0.3, 0.4) is 0 Å². The van der Waals surface area contributed by atoms with Crippen molar-refractivity contribution < 1.29 is 14.3 Å². The van der Waals surface area contributed by atoms with Crippen LogP contribution in [0.15, 0.2) is 0 Å². The number of hydrogen-bond donors (Lipinski definition) is 0. The van der Waals surface area contributed by atoms with Gasteiger partial charge < -0.3 is 9.47 Å². The fourth-order valence-corrected chi connectivity index (χ4v) is 3.42. The molecule has 2 unspecified atom stereocenters. The van der Waals surface area contributed by atoms with Crippen LogP contribution in [0.5, 0.6) is 0 Å². The van der Waals surface area contributed by atoms with Crippen LogP contribution in [0.2, 0.25) is 0 Å². The van der Waals surface area contributed by atoms with E-state index in [0.29, 0.717) is 12.5 Å². The third kappa shape index (κ3) is 5.57. The van der Waals surface area contributed by atoms with Gasteiger partial charge in [-0.05, 0) is 38.0 Å². The second-order valence-electron chi connectivity index (χ2n) is 7.21. The van der Waals surface area contributed by atoms with Gasteiger partial charge in [0.1, 0.15) is 0 Å². The third-order valence-corrected chi connectivity index (χ3v) is 4.66. The highest BCUT2D eigenvalue weighted by molar-refractivity contribution is 5.78. The van der Waals surface area contributed by atoms with Crippen molar-refractivity contribution in [2.45, 2.75) is 91.6 Å². The summed E-state index contributed by atoms with van der Waals surface area (Å²) >= 11 is 0. The van der Waals surface area contributed by atoms with Gasteiger partial charge in [0.2, 0.25) is 0 Å². The van der Waals surface area contributed by atoms with Gasteiger partial charge in [-0.3, -0.25) is 4.79 Å². The summed E-state index contributed by atoms with van der Waals surface area (Å²) in [6.07, 6.45) is 9.80. The largest absolute Gasteiger partial charge is 0.465 e. The molecule has 0 aromatic carbocycles. The van der Waals surface area contributed by atoms with Crippen molar-refractivity contribution in [1.29, 1.82) is 0 Å². The first-order valence-electron chi connectivity index (χ1n) is 9.35. The molecule has 130 valence electrons. The van der Waals surface area contributed by atoms with Crippen LogP contribution in [-0.2, 0) is 14.3 Å². The first kappa shape index (κ1) is 19.5. The van der Waals surface area contributed by atoms with E-state index in [1.165, 1.54) is 19.3 Å². The lowest BCUT2D eigenvalue weighted by Gasteiger charge is -2.33. The van der Waals surface area contributed by atoms with Crippen LogP contribution in [0.1, 0.15) is 85.5 Å². The van der Waals surface area contributed by atoms with Crippen LogP contribution in [0, 0.1) is 11.3 Å². The van der Waals surface area contributed by atoms with Gasteiger partial charge in [0.15, 0.2) is 0 Å². The summed E-state index contributed by atoms with van der Waals surface area (Å²) in [4.78, 5) is 12.8. The minimum Gasteiger partial charge on any atom is -0.465 e. The lowest BCUT2D eigenvalue weighted by molar-refractivity contribution is -0.166. The second kappa shape index (κ2) is 10.3. The Bertz CT molecular complexity index is 314. The van der Waals surface area contributed by atoms with Crippen LogP contribution in [-0.4, -0.2) is 25.3 Å². The molecule has 0 heterocycles. The normalized spacial score (nSPS) is 24.9. The fraction of sp³-hybridized carbons (Fsp3) is 0.947. The lowest BCUT2D eigenvalue weighted by atomic mass is 9.78. The minimum atomic E-state index is -0.377. The third-order valence-electron chi connectivity index (χ3n) is 4.66. The molecule has 1 fully saturated rings. The molecule has 0 amide bonds. The minimum absolute atomic E-state index is 0.00342. The topological polar surface area (TPSA) is 35.5 Å². The van der Waals surface area contributed by atoms with E-state index in [4.69, 9.17) is 9.47 Å². The maximum absolute atomic E-state index is 12.8. The summed E-state index contributed by atoms with van der Waals surface area (Å²) in [6, 6.07) is 0. The average molecular weight is 312 g/mol. The van der Waals surface area contributed by atoms with Crippen molar-refractivity contribution in [2.24, 2.45) is 11.3 Å². The zero-order valence-corrected chi connectivity index (χ0v) is 15.2. The van der Waals surface area contributed by atoms with E-state index < -0.39 is 0 Å². The van der Waals surface area contributed by atoms with Crippen LogP contribution in [0.25, 0.3) is 0 Å². The summed E-state index contributed by atoms with van der Waals surface area (Å²) in [5, 5.41) is 0. The van der Waals surface area contributed by atoms with Gasteiger partial charge in [0, 0.05) is 6.61 Å². The van der Waals surface area contributed by atoms with Gasteiger partial charge in [-0.15, -0.1) is 0 Å². The molecule has 0 radical (unpaired) electrons. The lowest BCUT2D eigenvalue weighted by Crippen LogP contribution is -2.42. The first-order chi connectivity index (χ1) is 10.6. The Labute approximate surface area is 137 Å². The average Bonchev–Trinajstić information content (AvgIpc) is 2.91. The predicted octanol–water partition coefficient (Wildman–Crippen LogP) is 5.12. The number of hydrogen-bond acceptors (Lipinski definition) is 3. The molecule has 0 aromatic rings. The van der Waals surface area contributed by atoms with E-state index in [-0.39, 0.29) is 17.5 Å². The van der Waals surface area contributed by atoms with E-state index in [2.05, 4.69) is 27.7 Å². The molecule has 0 bridgehead atoms. The van der Waals surface area contributed by atoms with Crippen molar-refractivity contribution in [1.82, 2.24) is 0 Å². The van der Waals surface area contributed by atoms with E-state index >= 15 is 0 Å². The van der Waals surface area contributed by atoms with Gasteiger partial charge >= 0.3 is 5.97 Å². The standard InChI is InChI=1S/C19H36O3/c1-5-7-8-9-12-19(18(20)22-15-16(3)4)13-10-11-17(19)21-14-6-2/h16-17H,5-15H2,1-4H3. The highest BCUT2D eigenvalue weighted by Crippen LogP contribution is 2.45. The Balaban J connectivity index is 2.71. The van der Waals surface area contributed by atoms with Crippen molar-refractivity contribution in [3.05, 3.63) is 0 Å². The smallest absolute Gasteiger partial charge is 0.314 e. The van der Waals surface area contributed by atoms with Crippen molar-refractivity contribution in [3.8, 4) is 0 Å². The van der Waals surface area contributed by atoms with E-state index in [0.717, 1.165) is 45.1 Å². The maximum atomic E-state index is 12.8. The number of carbonyl (C=O) groups is 1. The molecule has 0 aliphatic heterocycles. The van der Waals surface area contributed by atoms with E-state index in [1.54, 1.807) is 0 Å². The quantitative estimate of drug-likeness (QED) is 0.392. The van der Waals surface area contributed by atoms with Crippen molar-refractivity contribution in [2.75, 3.05) is 13.2 Å². The molecular formula is C19H36O3. The Kier molecular flexibility index (Phi) is 9.08. The molecule has 1 aliphatic carbocycles. The Morgan fingerprint density at radius 1 is 1.18 bits per heavy atom. The van der Waals surface area contributed by atoms with E-state index in [9.17, 15) is 4.79 Å². The maximum Gasteiger partial charge on any atom is 0.314 e. The highest BCUT2D eigenvalue weighted by Gasteiger charge is 2.50. The zero-order valence-electron chi connectivity index (χ0n) is 15.2. The monoisotopic (exact) mass is 312 g/mol. The number of carbonyl (C=O) groups excluding carboxylic acids is 1. The molecular weight excluding hydrogens is 276 g/mol. The van der Waals surface area contributed by atoms with Crippen molar-refractivity contribution >= 4 is 5.97 Å². The molecule has 0 N–H and O–H groups in total. The summed E-state index contributed by atoms with van der Waals surface area (Å²) in [5.41, 5.74) is -0.377. The second-order valence-corrected chi connectivity index (χ2v) is 7.21. The van der Waals surface area contributed by atoms with Gasteiger partial charge in [0.05, 0.1) is 18.1 Å². The zero-order chi connectivity index (χ0) is 16.4. The molecule has 3 heteroatoms. The summed E-state index contributed by atoms with van der Waals surface area (Å²) in [7, 11) is 0. The first-order valence-corrected chi connectivity index (χ1v) is 9.35. The number of rotatable bonds is 11. The van der Waals surface area contributed by atoms with Crippen LogP contribution in [0.4, 0.5) is 0 Å². The van der Waals surface area contributed by atoms with Gasteiger partial charge in [-0.2, -0.15) is 0 Å². The van der Waals surface area contributed by atoms with Crippen LogP contribution >= 0.6 is 0 Å². The Hall–Kier alpha value is -0.570.